The number of carbonyl (C=O) groups excluding carboxylic acids is 1. The summed E-state index contributed by atoms with van der Waals surface area (Å²) >= 11 is 0. The molecule has 1 aliphatic heterocycles. The Balaban J connectivity index is 2.21. The van der Waals surface area contributed by atoms with Crippen molar-refractivity contribution in [1.82, 2.24) is 5.43 Å². The predicted molar refractivity (Wildman–Crippen MR) is 91.7 cm³/mol. The zero-order valence-electron chi connectivity index (χ0n) is 14.4. The highest BCUT2D eigenvalue weighted by molar-refractivity contribution is 7.04. The third-order valence-electron chi connectivity index (χ3n) is 4.03. The number of hydrazone groups is 1. The lowest BCUT2D eigenvalue weighted by Crippen LogP contribution is -2.48. The van der Waals surface area contributed by atoms with Gasteiger partial charge in [-0.25, -0.2) is 0 Å². The molecule has 9 heteroatoms. The number of nitrogens with one attached hydrogen (secondary N) is 2. The Labute approximate surface area is 144 Å². The normalized spacial score (nSPS) is 20.5. The number of benzene rings is 1. The van der Waals surface area contributed by atoms with E-state index >= 15 is 0 Å². The zero-order valence-corrected chi connectivity index (χ0v) is 15.4. The molecule has 1 aromatic carbocycles. The van der Waals surface area contributed by atoms with E-state index in [1.54, 1.807) is 6.92 Å². The molecule has 0 bridgehead atoms. The first-order valence-corrected chi connectivity index (χ1v) is 11.1. The largest absolute Gasteiger partial charge is 0.417 e. The SMILES string of the molecule is CC1(C(=O)Nc2ccc(C#N)c(C(F)(F)F)c2)CC([Si](C)(C)C)=NN1. The van der Waals surface area contributed by atoms with Crippen LogP contribution in [0.4, 0.5) is 18.9 Å². The van der Waals surface area contributed by atoms with Crippen molar-refractivity contribution in [3.63, 3.8) is 0 Å². The molecule has 0 radical (unpaired) electrons. The van der Waals surface area contributed by atoms with Gasteiger partial charge in [0, 0.05) is 17.4 Å². The Morgan fingerprint density at radius 1 is 1.40 bits per heavy atom. The average Bonchev–Trinajstić information content (AvgIpc) is 2.90. The Kier molecular flexibility index (Phi) is 4.70. The van der Waals surface area contributed by atoms with E-state index < -0.39 is 36.8 Å². The van der Waals surface area contributed by atoms with Crippen LogP contribution in [0.5, 0.6) is 0 Å². The van der Waals surface area contributed by atoms with Gasteiger partial charge in [0.05, 0.1) is 25.3 Å². The van der Waals surface area contributed by atoms with Crippen LogP contribution in [0.1, 0.15) is 24.5 Å². The summed E-state index contributed by atoms with van der Waals surface area (Å²) in [5, 5.41) is 16.5. The summed E-state index contributed by atoms with van der Waals surface area (Å²) in [4.78, 5) is 12.5. The van der Waals surface area contributed by atoms with Crippen molar-refractivity contribution >= 4 is 25.0 Å². The molecule has 0 saturated carbocycles. The smallest absolute Gasteiger partial charge is 0.324 e. The maximum absolute atomic E-state index is 13.0. The van der Waals surface area contributed by atoms with Gasteiger partial charge in [-0.15, -0.1) is 0 Å². The van der Waals surface area contributed by atoms with Gasteiger partial charge in [-0.1, -0.05) is 19.6 Å². The summed E-state index contributed by atoms with van der Waals surface area (Å²) in [5.74, 6) is -0.470. The number of carbonyl (C=O) groups is 1. The molecular formula is C16H19F3N4OSi. The number of amides is 1. The molecule has 0 fully saturated rings. The summed E-state index contributed by atoms with van der Waals surface area (Å²) in [7, 11) is -1.67. The van der Waals surface area contributed by atoms with Crippen LogP contribution in [0.3, 0.4) is 0 Å². The van der Waals surface area contributed by atoms with Gasteiger partial charge in [0.1, 0.15) is 5.54 Å². The molecule has 1 aromatic rings. The fraction of sp³-hybridized carbons (Fsp3) is 0.438. The Bertz CT molecular complexity index is 777. The maximum Gasteiger partial charge on any atom is 0.417 e. The van der Waals surface area contributed by atoms with Gasteiger partial charge in [0.2, 0.25) is 0 Å². The third kappa shape index (κ3) is 4.01. The van der Waals surface area contributed by atoms with Crippen molar-refractivity contribution in [1.29, 1.82) is 5.26 Å². The number of hydrogen-bond acceptors (Lipinski definition) is 4. The molecule has 1 heterocycles. The minimum absolute atomic E-state index is 0.0131. The van der Waals surface area contributed by atoms with Crippen LogP contribution in [-0.2, 0) is 11.0 Å². The lowest BCUT2D eigenvalue weighted by molar-refractivity contribution is -0.137. The molecule has 1 atom stereocenters. The fourth-order valence-electron chi connectivity index (χ4n) is 2.39. The molecule has 134 valence electrons. The highest BCUT2D eigenvalue weighted by Crippen LogP contribution is 2.34. The second-order valence-electron chi connectivity index (χ2n) is 7.25. The van der Waals surface area contributed by atoms with E-state index in [0.717, 1.165) is 17.5 Å². The average molecular weight is 368 g/mol. The fourth-order valence-corrected chi connectivity index (χ4v) is 3.67. The molecule has 0 aromatic heterocycles. The van der Waals surface area contributed by atoms with Crippen LogP contribution in [0.15, 0.2) is 23.3 Å². The van der Waals surface area contributed by atoms with Gasteiger partial charge in [-0.3, -0.25) is 10.2 Å². The first-order chi connectivity index (χ1) is 11.4. The summed E-state index contributed by atoms with van der Waals surface area (Å²) in [6.07, 6.45) is -4.26. The number of nitriles is 1. The van der Waals surface area contributed by atoms with Gasteiger partial charge in [-0.05, 0) is 25.1 Å². The van der Waals surface area contributed by atoms with E-state index in [2.05, 4.69) is 35.5 Å². The highest BCUT2D eigenvalue weighted by Gasteiger charge is 2.42. The number of nitrogens with zero attached hydrogens (tertiary/aromatic N) is 2. The van der Waals surface area contributed by atoms with E-state index in [1.165, 1.54) is 12.1 Å². The van der Waals surface area contributed by atoms with Crippen LogP contribution in [0.2, 0.25) is 19.6 Å². The highest BCUT2D eigenvalue weighted by atomic mass is 28.3. The molecule has 0 aliphatic carbocycles. The van der Waals surface area contributed by atoms with Crippen LogP contribution in [-0.4, -0.2) is 24.9 Å². The molecule has 0 saturated heterocycles. The summed E-state index contributed by atoms with van der Waals surface area (Å²) in [5.41, 5.74) is 0.229. The molecule has 5 nitrogen and oxygen atoms in total. The van der Waals surface area contributed by atoms with Crippen molar-refractivity contribution in [2.24, 2.45) is 5.10 Å². The van der Waals surface area contributed by atoms with Gasteiger partial charge < -0.3 is 5.32 Å². The first kappa shape index (κ1) is 19.0. The number of rotatable bonds is 3. The minimum Gasteiger partial charge on any atom is -0.324 e. The Hall–Kier alpha value is -2.34. The van der Waals surface area contributed by atoms with Gasteiger partial charge >= 0.3 is 6.18 Å². The van der Waals surface area contributed by atoms with E-state index in [-0.39, 0.29) is 5.69 Å². The topological polar surface area (TPSA) is 77.3 Å². The second-order valence-corrected chi connectivity index (χ2v) is 12.3. The predicted octanol–water partition coefficient (Wildman–Crippen LogP) is 3.50. The van der Waals surface area contributed by atoms with Crippen molar-refractivity contribution in [3.05, 3.63) is 29.3 Å². The van der Waals surface area contributed by atoms with Crippen LogP contribution in [0.25, 0.3) is 0 Å². The second kappa shape index (κ2) is 6.18. The van der Waals surface area contributed by atoms with Crippen molar-refractivity contribution < 1.29 is 18.0 Å². The van der Waals surface area contributed by atoms with Crippen LogP contribution in [0, 0.1) is 11.3 Å². The Morgan fingerprint density at radius 2 is 2.04 bits per heavy atom. The Morgan fingerprint density at radius 3 is 2.52 bits per heavy atom. The zero-order chi connectivity index (χ0) is 19.0. The van der Waals surface area contributed by atoms with E-state index in [1.807, 2.05) is 0 Å². The van der Waals surface area contributed by atoms with Crippen molar-refractivity contribution in [2.75, 3.05) is 5.32 Å². The van der Waals surface area contributed by atoms with E-state index in [0.29, 0.717) is 6.42 Å². The molecule has 1 aliphatic rings. The standard InChI is InChI=1S/C16H19F3N4OSi/c1-15(8-13(22-23-15)25(2,3)4)14(24)21-11-6-5-10(9-20)12(7-11)16(17,18)19/h5-7,23H,8H2,1-4H3,(H,21,24). The van der Waals surface area contributed by atoms with Crippen molar-refractivity contribution in [3.8, 4) is 6.07 Å². The van der Waals surface area contributed by atoms with Gasteiger partial charge in [0.25, 0.3) is 5.91 Å². The van der Waals surface area contributed by atoms with Crippen LogP contribution < -0.4 is 10.7 Å². The van der Waals surface area contributed by atoms with Gasteiger partial charge in [-0.2, -0.15) is 23.5 Å². The van der Waals surface area contributed by atoms with E-state index in [4.69, 9.17) is 5.26 Å². The quantitative estimate of drug-likeness (QED) is 0.802. The third-order valence-corrected chi connectivity index (χ3v) is 6.05. The molecule has 0 spiro atoms. The lowest BCUT2D eigenvalue weighted by Gasteiger charge is -2.24. The summed E-state index contributed by atoms with van der Waals surface area (Å²) in [6.45, 7) is 7.97. The van der Waals surface area contributed by atoms with Gasteiger partial charge in [0.15, 0.2) is 0 Å². The molecule has 25 heavy (non-hydrogen) atoms. The summed E-state index contributed by atoms with van der Waals surface area (Å²) in [6, 6.07) is 4.61. The van der Waals surface area contributed by atoms with Crippen molar-refractivity contribution in [2.45, 2.75) is 44.7 Å². The molecule has 2 rings (SSSR count). The first-order valence-electron chi connectivity index (χ1n) is 7.64. The molecular weight excluding hydrogens is 349 g/mol. The molecule has 1 unspecified atom stereocenters. The number of hydrogen-bond donors (Lipinski definition) is 2. The van der Waals surface area contributed by atoms with E-state index in [9.17, 15) is 18.0 Å². The minimum atomic E-state index is -4.67. The van der Waals surface area contributed by atoms with Crippen LogP contribution >= 0.6 is 0 Å². The number of anilines is 1. The molecule has 2 N–H and O–H groups in total. The maximum atomic E-state index is 13.0. The number of alkyl halides is 3. The lowest BCUT2D eigenvalue weighted by atomic mass is 9.99. The summed E-state index contributed by atoms with van der Waals surface area (Å²) < 4.78 is 39.1. The number of halogens is 3. The molecule has 1 amide bonds. The monoisotopic (exact) mass is 368 g/mol.